The average Bonchev–Trinajstić information content (AvgIpc) is 1.77. The first-order valence-corrected chi connectivity index (χ1v) is 3.97. The van der Waals surface area contributed by atoms with Gasteiger partial charge in [-0.2, -0.15) is 0 Å². The van der Waals surface area contributed by atoms with E-state index >= 15 is 0 Å². The maximum Gasteiger partial charge on any atom is 0.0795 e. The van der Waals surface area contributed by atoms with Crippen molar-refractivity contribution in [1.29, 1.82) is 0 Å². The molecule has 10 heavy (non-hydrogen) atoms. The molecule has 0 aliphatic heterocycles. The van der Waals surface area contributed by atoms with Gasteiger partial charge < -0.3 is 10.8 Å². The lowest BCUT2D eigenvalue weighted by Gasteiger charge is -2.43. The fourth-order valence-electron chi connectivity index (χ4n) is 1.52. The monoisotopic (exact) mass is 143 g/mol. The molecule has 2 unspecified atom stereocenters. The van der Waals surface area contributed by atoms with Crippen LogP contribution in [0.1, 0.15) is 39.5 Å². The van der Waals surface area contributed by atoms with E-state index in [-0.39, 0.29) is 5.54 Å². The van der Waals surface area contributed by atoms with Crippen molar-refractivity contribution in [3.63, 3.8) is 0 Å². The zero-order valence-corrected chi connectivity index (χ0v) is 6.85. The summed E-state index contributed by atoms with van der Waals surface area (Å²) < 4.78 is 0. The van der Waals surface area contributed by atoms with Crippen LogP contribution in [-0.2, 0) is 0 Å². The Bertz CT molecular complexity index is 113. The Morgan fingerprint density at radius 3 is 2.00 bits per heavy atom. The second-order valence-electron chi connectivity index (χ2n) is 3.90. The van der Waals surface area contributed by atoms with E-state index in [1.165, 1.54) is 0 Å². The molecule has 0 saturated heterocycles. The van der Waals surface area contributed by atoms with Crippen molar-refractivity contribution >= 4 is 0 Å². The van der Waals surface area contributed by atoms with Crippen molar-refractivity contribution in [2.24, 2.45) is 5.73 Å². The van der Waals surface area contributed by atoms with Gasteiger partial charge in [-0.25, -0.2) is 0 Å². The van der Waals surface area contributed by atoms with Gasteiger partial charge in [0.15, 0.2) is 0 Å². The molecule has 0 bridgehead atoms. The molecule has 0 amide bonds. The molecule has 3 N–H and O–H groups in total. The third-order valence-electron chi connectivity index (χ3n) is 2.84. The van der Waals surface area contributed by atoms with Crippen LogP contribution in [0, 0.1) is 0 Å². The van der Waals surface area contributed by atoms with Crippen LogP contribution in [0.5, 0.6) is 0 Å². The van der Waals surface area contributed by atoms with E-state index < -0.39 is 5.60 Å². The predicted octanol–water partition coefficient (Wildman–Crippen LogP) is 1.03. The first kappa shape index (κ1) is 8.02. The summed E-state index contributed by atoms with van der Waals surface area (Å²) in [6.07, 6.45) is 4.06. The fourth-order valence-corrected chi connectivity index (χ4v) is 1.52. The molecule has 1 fully saturated rings. The first-order valence-electron chi connectivity index (χ1n) is 3.97. The molecule has 1 saturated carbocycles. The smallest absolute Gasteiger partial charge is 0.0795 e. The van der Waals surface area contributed by atoms with Gasteiger partial charge in [0, 0.05) is 5.54 Å². The van der Waals surface area contributed by atoms with E-state index in [2.05, 4.69) is 0 Å². The SMILES string of the molecule is CC1(N)CCCCC1(C)O. The molecule has 1 aliphatic carbocycles. The molecular formula is C8H17NO. The quantitative estimate of drug-likeness (QED) is 0.532. The number of rotatable bonds is 0. The molecule has 60 valence electrons. The van der Waals surface area contributed by atoms with Gasteiger partial charge in [0.05, 0.1) is 5.60 Å². The van der Waals surface area contributed by atoms with Crippen LogP contribution >= 0.6 is 0 Å². The van der Waals surface area contributed by atoms with Gasteiger partial charge in [0.1, 0.15) is 0 Å². The molecule has 0 aromatic carbocycles. The van der Waals surface area contributed by atoms with Gasteiger partial charge in [0.25, 0.3) is 0 Å². The molecule has 0 heterocycles. The van der Waals surface area contributed by atoms with E-state index in [4.69, 9.17) is 5.73 Å². The van der Waals surface area contributed by atoms with Gasteiger partial charge in [-0.3, -0.25) is 0 Å². The second kappa shape index (κ2) is 2.21. The van der Waals surface area contributed by atoms with Crippen LogP contribution in [0.15, 0.2) is 0 Å². The molecule has 0 aromatic rings. The van der Waals surface area contributed by atoms with Gasteiger partial charge in [-0.15, -0.1) is 0 Å². The minimum absolute atomic E-state index is 0.370. The van der Waals surface area contributed by atoms with Crippen LogP contribution in [-0.4, -0.2) is 16.2 Å². The van der Waals surface area contributed by atoms with Gasteiger partial charge >= 0.3 is 0 Å². The van der Waals surface area contributed by atoms with Gasteiger partial charge in [0.2, 0.25) is 0 Å². The molecule has 2 heteroatoms. The average molecular weight is 143 g/mol. The number of aliphatic hydroxyl groups is 1. The summed E-state index contributed by atoms with van der Waals surface area (Å²) in [7, 11) is 0. The van der Waals surface area contributed by atoms with Crippen LogP contribution < -0.4 is 5.73 Å². The van der Waals surface area contributed by atoms with E-state index in [1.807, 2.05) is 13.8 Å². The van der Waals surface area contributed by atoms with Crippen LogP contribution in [0.2, 0.25) is 0 Å². The van der Waals surface area contributed by atoms with E-state index in [0.717, 1.165) is 25.7 Å². The van der Waals surface area contributed by atoms with Crippen molar-refractivity contribution in [3.05, 3.63) is 0 Å². The summed E-state index contributed by atoms with van der Waals surface area (Å²) in [6.45, 7) is 3.78. The zero-order chi connectivity index (χ0) is 7.83. The molecule has 0 aromatic heterocycles. The number of nitrogens with two attached hydrogens (primary N) is 1. The summed E-state index contributed by atoms with van der Waals surface area (Å²) in [4.78, 5) is 0. The predicted molar refractivity (Wildman–Crippen MR) is 41.7 cm³/mol. The molecule has 2 atom stereocenters. The minimum Gasteiger partial charge on any atom is -0.388 e. The standard InChI is InChI=1S/C8H17NO/c1-7(9)5-3-4-6-8(7,2)10/h10H,3-6,9H2,1-2H3. The Kier molecular flexibility index (Phi) is 1.77. The van der Waals surface area contributed by atoms with Gasteiger partial charge in [-0.05, 0) is 26.7 Å². The highest BCUT2D eigenvalue weighted by Gasteiger charge is 2.41. The lowest BCUT2D eigenvalue weighted by Crippen LogP contribution is -2.58. The highest BCUT2D eigenvalue weighted by molar-refractivity contribution is 4.99. The highest BCUT2D eigenvalue weighted by atomic mass is 16.3. The molecule has 0 spiro atoms. The lowest BCUT2D eigenvalue weighted by molar-refractivity contribution is -0.0416. The Labute approximate surface area is 62.4 Å². The summed E-state index contributed by atoms with van der Waals surface area (Å²) >= 11 is 0. The van der Waals surface area contributed by atoms with Crippen molar-refractivity contribution in [3.8, 4) is 0 Å². The Hall–Kier alpha value is -0.0800. The minimum atomic E-state index is -0.648. The molecule has 0 radical (unpaired) electrons. The lowest BCUT2D eigenvalue weighted by atomic mass is 9.72. The third-order valence-corrected chi connectivity index (χ3v) is 2.84. The summed E-state index contributed by atoms with van der Waals surface area (Å²) in [5.41, 5.74) is 4.89. The maximum atomic E-state index is 9.78. The topological polar surface area (TPSA) is 46.2 Å². The number of hydrogen-bond acceptors (Lipinski definition) is 2. The maximum absolute atomic E-state index is 9.78. The highest BCUT2D eigenvalue weighted by Crippen LogP contribution is 2.34. The first-order chi connectivity index (χ1) is 4.46. The van der Waals surface area contributed by atoms with E-state index in [0.29, 0.717) is 0 Å². The normalized spacial score (nSPS) is 49.2. The number of hydrogen-bond donors (Lipinski definition) is 2. The van der Waals surface area contributed by atoms with Crippen LogP contribution in [0.4, 0.5) is 0 Å². The van der Waals surface area contributed by atoms with Crippen LogP contribution in [0.3, 0.4) is 0 Å². The molecule has 1 rings (SSSR count). The van der Waals surface area contributed by atoms with Gasteiger partial charge in [-0.1, -0.05) is 12.8 Å². The van der Waals surface area contributed by atoms with Crippen LogP contribution in [0.25, 0.3) is 0 Å². The van der Waals surface area contributed by atoms with E-state index in [9.17, 15) is 5.11 Å². The van der Waals surface area contributed by atoms with Crippen molar-refractivity contribution < 1.29 is 5.11 Å². The third kappa shape index (κ3) is 1.18. The summed E-state index contributed by atoms with van der Waals surface area (Å²) in [5, 5.41) is 9.78. The Morgan fingerprint density at radius 1 is 1.20 bits per heavy atom. The molecule has 1 aliphatic rings. The second-order valence-corrected chi connectivity index (χ2v) is 3.90. The van der Waals surface area contributed by atoms with Crippen molar-refractivity contribution in [2.75, 3.05) is 0 Å². The van der Waals surface area contributed by atoms with Crippen molar-refractivity contribution in [2.45, 2.75) is 50.7 Å². The molecule has 2 nitrogen and oxygen atoms in total. The zero-order valence-electron chi connectivity index (χ0n) is 6.85. The Balaban J connectivity index is 2.70. The fraction of sp³-hybridized carbons (Fsp3) is 1.00. The van der Waals surface area contributed by atoms with E-state index in [1.54, 1.807) is 0 Å². The largest absolute Gasteiger partial charge is 0.388 e. The Morgan fingerprint density at radius 2 is 1.70 bits per heavy atom. The summed E-state index contributed by atoms with van der Waals surface area (Å²) in [5.74, 6) is 0. The molecular weight excluding hydrogens is 126 g/mol. The summed E-state index contributed by atoms with van der Waals surface area (Å²) in [6, 6.07) is 0. The van der Waals surface area contributed by atoms with Crippen molar-refractivity contribution in [1.82, 2.24) is 0 Å².